The predicted molar refractivity (Wildman–Crippen MR) is 85.4 cm³/mol. The fourth-order valence-electron chi connectivity index (χ4n) is 3.37. The number of nitrogens with zero attached hydrogens (tertiary/aromatic N) is 4. The van der Waals surface area contributed by atoms with E-state index < -0.39 is 0 Å². The number of fused-ring (bicyclic) bond motifs is 1. The Balaban J connectivity index is 1.33. The molecule has 1 aliphatic carbocycles. The number of rotatable bonds is 5. The Hall–Kier alpha value is -2.02. The highest BCUT2D eigenvalue weighted by Crippen LogP contribution is 2.25. The van der Waals surface area contributed by atoms with Gasteiger partial charge in [0.2, 0.25) is 0 Å². The van der Waals surface area contributed by atoms with E-state index in [-0.39, 0.29) is 0 Å². The third-order valence-corrected chi connectivity index (χ3v) is 4.66. The number of ether oxygens (including phenoxy) is 1. The number of aromatic nitrogens is 5. The van der Waals surface area contributed by atoms with Crippen LogP contribution in [0.25, 0.3) is 0 Å². The third-order valence-electron chi connectivity index (χ3n) is 4.66. The van der Waals surface area contributed by atoms with Crippen molar-refractivity contribution in [1.82, 2.24) is 25.1 Å². The molecule has 122 valence electrons. The molecule has 2 aromatic rings. The van der Waals surface area contributed by atoms with E-state index in [1.54, 1.807) is 6.33 Å². The number of aromatic amines is 1. The molecule has 2 N–H and O–H groups in total. The van der Waals surface area contributed by atoms with Crippen molar-refractivity contribution < 1.29 is 4.74 Å². The quantitative estimate of drug-likeness (QED) is 0.872. The van der Waals surface area contributed by atoms with Crippen molar-refractivity contribution in [2.75, 3.05) is 25.1 Å². The van der Waals surface area contributed by atoms with E-state index in [4.69, 9.17) is 4.74 Å². The fraction of sp³-hybridized carbons (Fsp3) is 0.625. The van der Waals surface area contributed by atoms with Crippen molar-refractivity contribution in [3.8, 4) is 0 Å². The van der Waals surface area contributed by atoms with Gasteiger partial charge >= 0.3 is 0 Å². The van der Waals surface area contributed by atoms with Crippen molar-refractivity contribution in [3.63, 3.8) is 0 Å². The number of nitrogens with one attached hydrogen (secondary N) is 2. The first kappa shape index (κ1) is 14.6. The summed E-state index contributed by atoms with van der Waals surface area (Å²) in [5.74, 6) is 3.29. The summed E-state index contributed by atoms with van der Waals surface area (Å²) in [5, 5.41) is 10.9. The van der Waals surface area contributed by atoms with Crippen LogP contribution < -0.4 is 5.32 Å². The monoisotopic (exact) mass is 314 g/mol. The first-order valence-electron chi connectivity index (χ1n) is 8.45. The molecule has 0 amide bonds. The molecule has 3 heterocycles. The van der Waals surface area contributed by atoms with Crippen LogP contribution in [0.15, 0.2) is 6.33 Å². The van der Waals surface area contributed by atoms with E-state index in [9.17, 15) is 0 Å². The summed E-state index contributed by atoms with van der Waals surface area (Å²) < 4.78 is 5.39. The zero-order chi connectivity index (χ0) is 15.5. The predicted octanol–water partition coefficient (Wildman–Crippen LogP) is 1.63. The fourth-order valence-corrected chi connectivity index (χ4v) is 3.37. The van der Waals surface area contributed by atoms with Gasteiger partial charge in [-0.05, 0) is 32.1 Å². The Morgan fingerprint density at radius 3 is 3.04 bits per heavy atom. The molecular formula is C16H22N6O. The van der Waals surface area contributed by atoms with Crippen molar-refractivity contribution in [1.29, 1.82) is 0 Å². The van der Waals surface area contributed by atoms with Gasteiger partial charge in [0.1, 0.15) is 18.0 Å². The Bertz CT molecular complexity index is 664. The Morgan fingerprint density at radius 2 is 2.13 bits per heavy atom. The van der Waals surface area contributed by atoms with Crippen LogP contribution in [0.4, 0.5) is 5.82 Å². The minimum atomic E-state index is 0.437. The van der Waals surface area contributed by atoms with Crippen LogP contribution >= 0.6 is 0 Å². The van der Waals surface area contributed by atoms with Gasteiger partial charge in [0, 0.05) is 43.4 Å². The van der Waals surface area contributed by atoms with E-state index in [1.165, 1.54) is 17.7 Å². The van der Waals surface area contributed by atoms with Crippen LogP contribution in [-0.4, -0.2) is 44.9 Å². The maximum absolute atomic E-state index is 5.39. The zero-order valence-electron chi connectivity index (χ0n) is 13.2. The van der Waals surface area contributed by atoms with E-state index in [0.29, 0.717) is 5.92 Å². The molecule has 1 saturated heterocycles. The van der Waals surface area contributed by atoms with Gasteiger partial charge in [-0.25, -0.2) is 15.0 Å². The van der Waals surface area contributed by atoms with Gasteiger partial charge in [-0.1, -0.05) is 0 Å². The molecule has 0 radical (unpaired) electrons. The highest BCUT2D eigenvalue weighted by molar-refractivity contribution is 5.47. The van der Waals surface area contributed by atoms with E-state index in [0.717, 1.165) is 69.3 Å². The topological polar surface area (TPSA) is 88.6 Å². The van der Waals surface area contributed by atoms with Gasteiger partial charge in [-0.2, -0.15) is 5.10 Å². The molecule has 2 aromatic heterocycles. The minimum Gasteiger partial charge on any atom is -0.381 e. The molecule has 0 atom stereocenters. The molecule has 0 spiro atoms. The molecule has 7 heteroatoms. The second-order valence-corrected chi connectivity index (χ2v) is 6.20. The average molecular weight is 314 g/mol. The maximum atomic E-state index is 5.39. The number of aryl methyl sites for hydroxylation is 1. The molecular weight excluding hydrogens is 292 g/mol. The largest absolute Gasteiger partial charge is 0.381 e. The normalized spacial score (nSPS) is 18.1. The van der Waals surface area contributed by atoms with E-state index >= 15 is 0 Å². The Kier molecular flexibility index (Phi) is 4.19. The van der Waals surface area contributed by atoms with E-state index in [1.807, 2.05) is 0 Å². The van der Waals surface area contributed by atoms with Crippen molar-refractivity contribution in [3.05, 3.63) is 29.2 Å². The van der Waals surface area contributed by atoms with Crippen LogP contribution in [0, 0.1) is 0 Å². The number of H-pyrrole nitrogens is 1. The third kappa shape index (κ3) is 3.19. The molecule has 2 aliphatic rings. The van der Waals surface area contributed by atoms with Crippen molar-refractivity contribution in [2.24, 2.45) is 0 Å². The lowest BCUT2D eigenvalue weighted by molar-refractivity contribution is 0.0836. The van der Waals surface area contributed by atoms with Gasteiger partial charge in [0.25, 0.3) is 0 Å². The number of hydrogen-bond donors (Lipinski definition) is 2. The summed E-state index contributed by atoms with van der Waals surface area (Å²) >= 11 is 0. The lowest BCUT2D eigenvalue weighted by Crippen LogP contribution is -2.15. The summed E-state index contributed by atoms with van der Waals surface area (Å²) in [5.41, 5.74) is 2.48. The Labute approximate surface area is 135 Å². The second kappa shape index (κ2) is 6.62. The standard InChI is InChI=1S/C16H22N6O/c1-2-12-13(3-1)18-10-19-16(12)17-7-4-14-20-15(22-21-14)11-5-8-23-9-6-11/h10-11H,1-9H2,(H,17,18,19)(H,20,21,22). The Morgan fingerprint density at radius 1 is 1.22 bits per heavy atom. The number of hydrogen-bond acceptors (Lipinski definition) is 6. The molecule has 0 bridgehead atoms. The zero-order valence-corrected chi connectivity index (χ0v) is 13.2. The van der Waals surface area contributed by atoms with Gasteiger partial charge in [-0.15, -0.1) is 0 Å². The van der Waals surface area contributed by atoms with Crippen molar-refractivity contribution >= 4 is 5.82 Å². The molecule has 4 rings (SSSR count). The number of anilines is 1. The highest BCUT2D eigenvalue weighted by Gasteiger charge is 2.20. The van der Waals surface area contributed by atoms with Gasteiger partial charge < -0.3 is 10.1 Å². The molecule has 1 aliphatic heterocycles. The molecule has 0 unspecified atom stereocenters. The van der Waals surface area contributed by atoms with Gasteiger partial charge in [0.05, 0.1) is 0 Å². The molecule has 1 fully saturated rings. The lowest BCUT2D eigenvalue weighted by atomic mass is 10.00. The van der Waals surface area contributed by atoms with Crippen molar-refractivity contribution in [2.45, 2.75) is 44.4 Å². The highest BCUT2D eigenvalue weighted by atomic mass is 16.5. The van der Waals surface area contributed by atoms with Gasteiger partial charge in [0.15, 0.2) is 5.82 Å². The maximum Gasteiger partial charge on any atom is 0.153 e. The van der Waals surface area contributed by atoms with Crippen LogP contribution in [0.3, 0.4) is 0 Å². The molecule has 7 nitrogen and oxygen atoms in total. The van der Waals surface area contributed by atoms with E-state index in [2.05, 4.69) is 30.5 Å². The average Bonchev–Trinajstić information content (AvgIpc) is 3.25. The first-order valence-corrected chi connectivity index (χ1v) is 8.45. The van der Waals surface area contributed by atoms with Gasteiger partial charge in [-0.3, -0.25) is 5.10 Å². The summed E-state index contributed by atoms with van der Waals surface area (Å²) in [6.07, 6.45) is 7.83. The summed E-state index contributed by atoms with van der Waals surface area (Å²) in [6.45, 7) is 2.43. The van der Waals surface area contributed by atoms with Crippen LogP contribution in [-0.2, 0) is 24.0 Å². The summed E-state index contributed by atoms with van der Waals surface area (Å²) in [6, 6.07) is 0. The van der Waals surface area contributed by atoms with Crippen LogP contribution in [0.2, 0.25) is 0 Å². The summed E-state index contributed by atoms with van der Waals surface area (Å²) in [7, 11) is 0. The summed E-state index contributed by atoms with van der Waals surface area (Å²) in [4.78, 5) is 13.4. The second-order valence-electron chi connectivity index (χ2n) is 6.20. The lowest BCUT2D eigenvalue weighted by Gasteiger charge is -2.18. The minimum absolute atomic E-state index is 0.437. The van der Waals surface area contributed by atoms with Crippen LogP contribution in [0.5, 0.6) is 0 Å². The molecule has 0 aromatic carbocycles. The first-order chi connectivity index (χ1) is 11.4. The SMILES string of the molecule is c1nc2c(c(NCCc3nc(C4CCOCC4)n[nH]3)n1)CCC2. The smallest absolute Gasteiger partial charge is 0.153 e. The molecule has 0 saturated carbocycles. The van der Waals surface area contributed by atoms with Crippen LogP contribution in [0.1, 0.15) is 48.1 Å². The molecule has 23 heavy (non-hydrogen) atoms.